The predicted octanol–water partition coefficient (Wildman–Crippen LogP) is 1.16. The Hall–Kier alpha value is -1.36. The lowest BCUT2D eigenvalue weighted by molar-refractivity contribution is 0.0587. The molecule has 1 N–H and O–H groups in total. The molecule has 0 aromatic carbocycles. The van der Waals surface area contributed by atoms with Gasteiger partial charge in [0.05, 0.1) is 12.8 Å². The average Bonchev–Trinajstić information content (AvgIpc) is 2.83. The van der Waals surface area contributed by atoms with Crippen LogP contribution in [0.2, 0.25) is 0 Å². The van der Waals surface area contributed by atoms with Crippen molar-refractivity contribution in [3.05, 3.63) is 17.5 Å². The summed E-state index contributed by atoms with van der Waals surface area (Å²) in [4.78, 5) is 11.6. The van der Waals surface area contributed by atoms with Gasteiger partial charge in [0, 0.05) is 19.0 Å². The Labute approximate surface area is 101 Å². The lowest BCUT2D eigenvalue weighted by atomic mass is 9.96. The molecule has 5 nitrogen and oxygen atoms in total. The zero-order valence-corrected chi connectivity index (χ0v) is 10.4. The van der Waals surface area contributed by atoms with Crippen LogP contribution < -0.4 is 5.32 Å². The molecule has 2 rings (SSSR count). The van der Waals surface area contributed by atoms with Gasteiger partial charge in [0.25, 0.3) is 0 Å². The predicted molar refractivity (Wildman–Crippen MR) is 64.1 cm³/mol. The van der Waals surface area contributed by atoms with Gasteiger partial charge in [0.2, 0.25) is 0 Å². The van der Waals surface area contributed by atoms with Crippen molar-refractivity contribution in [2.75, 3.05) is 20.2 Å². The summed E-state index contributed by atoms with van der Waals surface area (Å²) in [6.45, 7) is 4.68. The monoisotopic (exact) mass is 237 g/mol. The number of carbonyl (C=O) groups excluding carboxylic acids is 1. The molecule has 1 atom stereocenters. The van der Waals surface area contributed by atoms with Crippen LogP contribution in [-0.4, -0.2) is 35.9 Å². The highest BCUT2D eigenvalue weighted by atomic mass is 16.5. The van der Waals surface area contributed by atoms with Crippen molar-refractivity contribution in [3.63, 3.8) is 0 Å². The lowest BCUT2D eigenvalue weighted by Crippen LogP contribution is -2.28. The maximum absolute atomic E-state index is 11.6. The number of hydrogen-bond acceptors (Lipinski definition) is 4. The van der Waals surface area contributed by atoms with Gasteiger partial charge in [0.15, 0.2) is 0 Å². The molecule has 0 spiro atoms. The van der Waals surface area contributed by atoms with E-state index in [0.717, 1.165) is 31.6 Å². The molecule has 1 aliphatic rings. The minimum atomic E-state index is -0.311. The fourth-order valence-corrected chi connectivity index (χ4v) is 2.25. The first-order valence-electron chi connectivity index (χ1n) is 6.13. The topological polar surface area (TPSA) is 56.2 Å². The average molecular weight is 237 g/mol. The maximum Gasteiger partial charge on any atom is 0.356 e. The molecule has 17 heavy (non-hydrogen) atoms. The standard InChI is InChI=1S/C12H19N3O2/c1-3-15-11(12(16)17-2)7-10(14-15)9-5-4-6-13-8-9/h7,9,13H,3-6,8H2,1-2H3/t9-/m1/s1. The molecular formula is C12H19N3O2. The van der Waals surface area contributed by atoms with Gasteiger partial charge in [-0.1, -0.05) is 0 Å². The number of nitrogens with zero attached hydrogens (tertiary/aromatic N) is 2. The van der Waals surface area contributed by atoms with Gasteiger partial charge in [-0.3, -0.25) is 4.68 Å². The smallest absolute Gasteiger partial charge is 0.356 e. The van der Waals surface area contributed by atoms with Crippen LogP contribution >= 0.6 is 0 Å². The molecule has 0 radical (unpaired) electrons. The fraction of sp³-hybridized carbons (Fsp3) is 0.667. The Bertz CT molecular complexity index is 394. The maximum atomic E-state index is 11.6. The Morgan fingerprint density at radius 2 is 2.53 bits per heavy atom. The highest BCUT2D eigenvalue weighted by molar-refractivity contribution is 5.87. The van der Waals surface area contributed by atoms with E-state index in [-0.39, 0.29) is 5.97 Å². The van der Waals surface area contributed by atoms with E-state index in [9.17, 15) is 4.79 Å². The highest BCUT2D eigenvalue weighted by Crippen LogP contribution is 2.23. The van der Waals surface area contributed by atoms with Gasteiger partial charge in [0.1, 0.15) is 5.69 Å². The summed E-state index contributed by atoms with van der Waals surface area (Å²) in [5.41, 5.74) is 1.55. The summed E-state index contributed by atoms with van der Waals surface area (Å²) >= 11 is 0. The summed E-state index contributed by atoms with van der Waals surface area (Å²) < 4.78 is 6.48. The molecule has 5 heteroatoms. The quantitative estimate of drug-likeness (QED) is 0.801. The van der Waals surface area contributed by atoms with Gasteiger partial charge in [-0.25, -0.2) is 4.79 Å². The highest BCUT2D eigenvalue weighted by Gasteiger charge is 2.22. The zero-order valence-electron chi connectivity index (χ0n) is 10.4. The normalized spacial score (nSPS) is 20.2. The van der Waals surface area contributed by atoms with Gasteiger partial charge >= 0.3 is 5.97 Å². The molecule has 1 saturated heterocycles. The van der Waals surface area contributed by atoms with Gasteiger partial charge < -0.3 is 10.1 Å². The number of ether oxygens (including phenoxy) is 1. The summed E-state index contributed by atoms with van der Waals surface area (Å²) in [7, 11) is 1.40. The van der Waals surface area contributed by atoms with E-state index in [0.29, 0.717) is 18.2 Å². The molecule has 1 aromatic heterocycles. The van der Waals surface area contributed by atoms with E-state index in [1.807, 2.05) is 13.0 Å². The lowest BCUT2D eigenvalue weighted by Gasteiger charge is -2.20. The molecule has 1 aromatic rings. The molecule has 0 bridgehead atoms. The van der Waals surface area contributed by atoms with Crippen LogP contribution in [0.15, 0.2) is 6.07 Å². The number of aromatic nitrogens is 2. The van der Waals surface area contributed by atoms with E-state index in [1.54, 1.807) is 4.68 Å². The Kier molecular flexibility index (Phi) is 3.78. The first-order chi connectivity index (χ1) is 8.26. The van der Waals surface area contributed by atoms with E-state index < -0.39 is 0 Å². The van der Waals surface area contributed by atoms with Crippen LogP contribution in [0.4, 0.5) is 0 Å². The second-order valence-electron chi connectivity index (χ2n) is 4.31. The van der Waals surface area contributed by atoms with Gasteiger partial charge in [-0.05, 0) is 32.4 Å². The Balaban J connectivity index is 2.23. The van der Waals surface area contributed by atoms with Crippen LogP contribution in [0.1, 0.15) is 41.9 Å². The summed E-state index contributed by atoms with van der Waals surface area (Å²) in [5.74, 6) is 0.106. The molecular weight excluding hydrogens is 218 g/mol. The molecule has 1 aliphatic heterocycles. The van der Waals surface area contributed by atoms with E-state index >= 15 is 0 Å². The first-order valence-corrected chi connectivity index (χ1v) is 6.13. The number of methoxy groups -OCH3 is 1. The zero-order chi connectivity index (χ0) is 12.3. The fourth-order valence-electron chi connectivity index (χ4n) is 2.25. The van der Waals surface area contributed by atoms with Crippen LogP contribution in [-0.2, 0) is 11.3 Å². The number of carbonyl (C=O) groups is 1. The molecule has 0 saturated carbocycles. The summed E-state index contributed by atoms with van der Waals surface area (Å²) in [6, 6.07) is 1.87. The molecule has 1 fully saturated rings. The summed E-state index contributed by atoms with van der Waals surface area (Å²) in [5, 5.41) is 7.86. The minimum Gasteiger partial charge on any atom is -0.464 e. The summed E-state index contributed by atoms with van der Waals surface area (Å²) in [6.07, 6.45) is 2.30. The van der Waals surface area contributed by atoms with Crippen molar-refractivity contribution in [1.82, 2.24) is 15.1 Å². The third-order valence-corrected chi connectivity index (χ3v) is 3.21. The molecule has 2 heterocycles. The number of aryl methyl sites for hydroxylation is 1. The SMILES string of the molecule is CCn1nc([C@@H]2CCCNC2)cc1C(=O)OC. The Morgan fingerprint density at radius 3 is 3.12 bits per heavy atom. The third kappa shape index (κ3) is 2.49. The van der Waals surface area contributed by atoms with E-state index in [1.165, 1.54) is 7.11 Å². The number of rotatable bonds is 3. The number of esters is 1. The van der Waals surface area contributed by atoms with Crippen molar-refractivity contribution in [2.45, 2.75) is 32.2 Å². The van der Waals surface area contributed by atoms with E-state index in [2.05, 4.69) is 10.4 Å². The third-order valence-electron chi connectivity index (χ3n) is 3.21. The number of nitrogens with one attached hydrogen (secondary N) is 1. The second-order valence-corrected chi connectivity index (χ2v) is 4.31. The van der Waals surface area contributed by atoms with Gasteiger partial charge in [-0.15, -0.1) is 0 Å². The molecule has 0 amide bonds. The number of piperidine rings is 1. The van der Waals surface area contributed by atoms with Crippen molar-refractivity contribution in [3.8, 4) is 0 Å². The Morgan fingerprint density at radius 1 is 1.71 bits per heavy atom. The van der Waals surface area contributed by atoms with Crippen molar-refractivity contribution in [2.24, 2.45) is 0 Å². The van der Waals surface area contributed by atoms with Gasteiger partial charge in [-0.2, -0.15) is 5.10 Å². The van der Waals surface area contributed by atoms with E-state index in [4.69, 9.17) is 4.74 Å². The first kappa shape index (κ1) is 12.1. The number of hydrogen-bond donors (Lipinski definition) is 1. The van der Waals surface area contributed by atoms with Crippen molar-refractivity contribution < 1.29 is 9.53 Å². The van der Waals surface area contributed by atoms with Crippen molar-refractivity contribution in [1.29, 1.82) is 0 Å². The van der Waals surface area contributed by atoms with Crippen LogP contribution in [0.3, 0.4) is 0 Å². The second kappa shape index (κ2) is 5.31. The molecule has 0 aliphatic carbocycles. The van der Waals surface area contributed by atoms with Crippen LogP contribution in [0, 0.1) is 0 Å². The van der Waals surface area contributed by atoms with Crippen LogP contribution in [0.25, 0.3) is 0 Å². The van der Waals surface area contributed by atoms with Crippen molar-refractivity contribution >= 4 is 5.97 Å². The molecule has 0 unspecified atom stereocenters. The largest absolute Gasteiger partial charge is 0.464 e. The van der Waals surface area contributed by atoms with Crippen LogP contribution in [0.5, 0.6) is 0 Å². The minimum absolute atomic E-state index is 0.311. The molecule has 94 valence electrons.